The van der Waals surface area contributed by atoms with Crippen molar-refractivity contribution < 1.29 is 14.4 Å². The standard InChI is InChI=1S/C25H29N3O3/c1-18(22-9-6-10-23(17-22)27-19(2)29)26-25(31)21-13-15-28(16-14-21)24(30)12-11-20-7-4-3-5-8-20/h3-12,17-18,21H,13-16H2,1-2H3,(H,26,31)(H,27,29)/b12-11+. The van der Waals surface area contributed by atoms with E-state index in [2.05, 4.69) is 10.6 Å². The van der Waals surface area contributed by atoms with E-state index in [-0.39, 0.29) is 29.7 Å². The Balaban J connectivity index is 1.49. The largest absolute Gasteiger partial charge is 0.349 e. The van der Waals surface area contributed by atoms with Gasteiger partial charge in [0.25, 0.3) is 0 Å². The molecule has 0 radical (unpaired) electrons. The van der Waals surface area contributed by atoms with Crippen LogP contribution in [0.25, 0.3) is 6.08 Å². The van der Waals surface area contributed by atoms with E-state index in [1.807, 2.05) is 67.6 Å². The molecule has 2 N–H and O–H groups in total. The first-order valence-corrected chi connectivity index (χ1v) is 10.6. The van der Waals surface area contributed by atoms with E-state index in [9.17, 15) is 14.4 Å². The number of likely N-dealkylation sites (tertiary alicyclic amines) is 1. The number of benzene rings is 2. The lowest BCUT2D eigenvalue weighted by Crippen LogP contribution is -2.43. The molecule has 3 rings (SSSR count). The molecule has 6 heteroatoms. The highest BCUT2D eigenvalue weighted by molar-refractivity contribution is 5.92. The van der Waals surface area contributed by atoms with Gasteiger partial charge in [0, 0.05) is 37.7 Å². The summed E-state index contributed by atoms with van der Waals surface area (Å²) in [6.45, 7) is 4.54. The summed E-state index contributed by atoms with van der Waals surface area (Å²) in [6, 6.07) is 17.0. The summed E-state index contributed by atoms with van der Waals surface area (Å²) in [6.07, 6.45) is 4.71. The topological polar surface area (TPSA) is 78.5 Å². The molecule has 1 saturated heterocycles. The van der Waals surface area contributed by atoms with Crippen molar-refractivity contribution in [2.45, 2.75) is 32.7 Å². The SMILES string of the molecule is CC(=O)Nc1cccc(C(C)NC(=O)C2CCN(C(=O)/C=C/c3ccccc3)CC2)c1. The van der Waals surface area contributed by atoms with Crippen molar-refractivity contribution in [1.29, 1.82) is 0 Å². The number of nitrogens with one attached hydrogen (secondary N) is 2. The molecule has 1 aliphatic rings. The van der Waals surface area contributed by atoms with Crippen LogP contribution in [0.15, 0.2) is 60.7 Å². The average Bonchev–Trinajstić information content (AvgIpc) is 2.78. The van der Waals surface area contributed by atoms with Crippen molar-refractivity contribution >= 4 is 29.5 Å². The van der Waals surface area contributed by atoms with Gasteiger partial charge in [-0.25, -0.2) is 0 Å². The number of hydrogen-bond acceptors (Lipinski definition) is 3. The molecular formula is C25H29N3O3. The molecule has 2 aromatic carbocycles. The summed E-state index contributed by atoms with van der Waals surface area (Å²) < 4.78 is 0. The maximum absolute atomic E-state index is 12.7. The van der Waals surface area contributed by atoms with Gasteiger partial charge < -0.3 is 15.5 Å². The number of piperidine rings is 1. The first-order chi connectivity index (χ1) is 14.9. The molecule has 1 aliphatic heterocycles. The van der Waals surface area contributed by atoms with Gasteiger partial charge in [0.1, 0.15) is 0 Å². The molecule has 0 bridgehead atoms. The first kappa shape index (κ1) is 22.3. The Bertz CT molecular complexity index is 947. The molecule has 1 atom stereocenters. The van der Waals surface area contributed by atoms with Gasteiger partial charge in [0.15, 0.2) is 0 Å². The van der Waals surface area contributed by atoms with Crippen LogP contribution in [0.5, 0.6) is 0 Å². The van der Waals surface area contributed by atoms with Gasteiger partial charge in [-0.05, 0) is 49.1 Å². The van der Waals surface area contributed by atoms with E-state index >= 15 is 0 Å². The molecule has 1 unspecified atom stereocenters. The number of amides is 3. The average molecular weight is 420 g/mol. The molecule has 1 heterocycles. The normalized spacial score (nSPS) is 15.5. The molecule has 0 aromatic heterocycles. The van der Waals surface area contributed by atoms with Gasteiger partial charge in [-0.1, -0.05) is 42.5 Å². The van der Waals surface area contributed by atoms with Crippen LogP contribution in [0.3, 0.4) is 0 Å². The number of carbonyl (C=O) groups excluding carboxylic acids is 3. The maximum Gasteiger partial charge on any atom is 0.246 e. The first-order valence-electron chi connectivity index (χ1n) is 10.6. The Hall–Kier alpha value is -3.41. The lowest BCUT2D eigenvalue weighted by Gasteiger charge is -2.31. The Morgan fingerprint density at radius 3 is 2.42 bits per heavy atom. The maximum atomic E-state index is 12.7. The van der Waals surface area contributed by atoms with Crippen molar-refractivity contribution in [3.05, 3.63) is 71.8 Å². The van der Waals surface area contributed by atoms with Crippen molar-refractivity contribution in [1.82, 2.24) is 10.2 Å². The van der Waals surface area contributed by atoms with Crippen LogP contribution < -0.4 is 10.6 Å². The van der Waals surface area contributed by atoms with Gasteiger partial charge in [0.2, 0.25) is 17.7 Å². The van der Waals surface area contributed by atoms with Crippen LogP contribution in [0.2, 0.25) is 0 Å². The molecule has 1 fully saturated rings. The van der Waals surface area contributed by atoms with Crippen LogP contribution in [0.1, 0.15) is 43.9 Å². The second-order valence-electron chi connectivity index (χ2n) is 7.88. The molecule has 2 aromatic rings. The minimum atomic E-state index is -0.172. The van der Waals surface area contributed by atoms with Crippen LogP contribution in [-0.4, -0.2) is 35.7 Å². The predicted molar refractivity (Wildman–Crippen MR) is 122 cm³/mol. The Labute approximate surface area is 183 Å². The third-order valence-corrected chi connectivity index (χ3v) is 5.46. The summed E-state index contributed by atoms with van der Waals surface area (Å²) >= 11 is 0. The smallest absolute Gasteiger partial charge is 0.246 e. The van der Waals surface area contributed by atoms with Gasteiger partial charge in [-0.2, -0.15) is 0 Å². The molecular weight excluding hydrogens is 390 g/mol. The number of nitrogens with zero attached hydrogens (tertiary/aromatic N) is 1. The van der Waals surface area contributed by atoms with Gasteiger partial charge in [-0.3, -0.25) is 14.4 Å². The van der Waals surface area contributed by atoms with E-state index in [0.29, 0.717) is 31.6 Å². The summed E-state index contributed by atoms with van der Waals surface area (Å²) in [5, 5.41) is 5.83. The highest BCUT2D eigenvalue weighted by Crippen LogP contribution is 2.21. The van der Waals surface area contributed by atoms with Gasteiger partial charge in [0.05, 0.1) is 6.04 Å². The highest BCUT2D eigenvalue weighted by atomic mass is 16.2. The fourth-order valence-corrected chi connectivity index (χ4v) is 3.70. The Morgan fingerprint density at radius 1 is 1.03 bits per heavy atom. The highest BCUT2D eigenvalue weighted by Gasteiger charge is 2.27. The Morgan fingerprint density at radius 2 is 1.74 bits per heavy atom. The van der Waals surface area contributed by atoms with Crippen molar-refractivity contribution in [3.8, 4) is 0 Å². The van der Waals surface area contributed by atoms with Gasteiger partial charge in [-0.15, -0.1) is 0 Å². The van der Waals surface area contributed by atoms with Crippen LogP contribution in [-0.2, 0) is 14.4 Å². The predicted octanol–water partition coefficient (Wildman–Crippen LogP) is 3.77. The monoisotopic (exact) mass is 419 g/mol. The summed E-state index contributed by atoms with van der Waals surface area (Å²) in [4.78, 5) is 38.2. The number of carbonyl (C=O) groups is 3. The van der Waals surface area contributed by atoms with E-state index in [1.54, 1.807) is 11.0 Å². The number of rotatable bonds is 6. The zero-order chi connectivity index (χ0) is 22.2. The second kappa shape index (κ2) is 10.6. The van der Waals surface area contributed by atoms with Crippen molar-refractivity contribution in [2.24, 2.45) is 5.92 Å². The molecule has 0 aliphatic carbocycles. The second-order valence-corrected chi connectivity index (χ2v) is 7.88. The lowest BCUT2D eigenvalue weighted by molar-refractivity contribution is -0.132. The van der Waals surface area contributed by atoms with E-state index in [4.69, 9.17) is 0 Å². The van der Waals surface area contributed by atoms with E-state index < -0.39 is 0 Å². The molecule has 0 spiro atoms. The third kappa shape index (κ3) is 6.54. The van der Waals surface area contributed by atoms with Crippen LogP contribution >= 0.6 is 0 Å². The third-order valence-electron chi connectivity index (χ3n) is 5.46. The van der Waals surface area contributed by atoms with Crippen LogP contribution in [0, 0.1) is 5.92 Å². The summed E-state index contributed by atoms with van der Waals surface area (Å²) in [5.41, 5.74) is 2.63. The molecule has 162 valence electrons. The number of anilines is 1. The molecule has 6 nitrogen and oxygen atoms in total. The van der Waals surface area contributed by atoms with E-state index in [1.165, 1.54) is 6.92 Å². The molecule has 3 amide bonds. The lowest BCUT2D eigenvalue weighted by atomic mass is 9.95. The quantitative estimate of drug-likeness (QED) is 0.700. The number of hydrogen-bond donors (Lipinski definition) is 2. The van der Waals surface area contributed by atoms with Crippen molar-refractivity contribution in [2.75, 3.05) is 18.4 Å². The minimum absolute atomic E-state index is 0.00403. The zero-order valence-electron chi connectivity index (χ0n) is 18.0. The van der Waals surface area contributed by atoms with Gasteiger partial charge >= 0.3 is 0 Å². The molecule has 0 saturated carbocycles. The minimum Gasteiger partial charge on any atom is -0.349 e. The fraction of sp³-hybridized carbons (Fsp3) is 0.320. The molecule has 31 heavy (non-hydrogen) atoms. The van der Waals surface area contributed by atoms with Crippen LogP contribution in [0.4, 0.5) is 5.69 Å². The zero-order valence-corrected chi connectivity index (χ0v) is 18.0. The van der Waals surface area contributed by atoms with Crippen molar-refractivity contribution in [3.63, 3.8) is 0 Å². The summed E-state index contributed by atoms with van der Waals surface area (Å²) in [7, 11) is 0. The fourth-order valence-electron chi connectivity index (χ4n) is 3.70. The Kier molecular flexibility index (Phi) is 7.60. The van der Waals surface area contributed by atoms with E-state index in [0.717, 1.165) is 11.1 Å². The summed E-state index contributed by atoms with van der Waals surface area (Å²) in [5.74, 6) is -0.257.